The van der Waals surface area contributed by atoms with Gasteiger partial charge in [0.05, 0.1) is 0 Å². The van der Waals surface area contributed by atoms with E-state index in [1.54, 1.807) is 11.8 Å². The molecule has 0 aliphatic heterocycles. The Kier molecular flexibility index (Phi) is 8.33. The first-order valence-electron chi connectivity index (χ1n) is 8.83. The van der Waals surface area contributed by atoms with E-state index >= 15 is 0 Å². The van der Waals surface area contributed by atoms with Gasteiger partial charge in [0.15, 0.2) is 6.10 Å². The molecule has 0 radical (unpaired) electrons. The first kappa shape index (κ1) is 20.7. The zero-order chi connectivity index (χ0) is 18.9. The highest BCUT2D eigenvalue weighted by molar-refractivity contribution is 7.98. The Bertz CT molecular complexity index is 718. The second-order valence-electron chi connectivity index (χ2n) is 6.25. The minimum absolute atomic E-state index is 0.0551. The largest absolute Gasteiger partial charge is 0.480 e. The summed E-state index contributed by atoms with van der Waals surface area (Å²) in [6.07, 6.45) is 0.175. The molecule has 5 heteroatoms. The number of amides is 1. The summed E-state index contributed by atoms with van der Waals surface area (Å²) in [6.45, 7) is 6.60. The standard InChI is InChI=1S/C21H26ClNO2S/c1-4-19(25-20-13-15(2)5-6-16(20)3)21(24)23-11-12-26-14-17-7-9-18(22)10-8-17/h5-10,13,19H,4,11-12,14H2,1-3H3,(H,23,24)/t19-/m1/s1. The van der Waals surface area contributed by atoms with E-state index in [1.165, 1.54) is 5.56 Å². The van der Waals surface area contributed by atoms with E-state index in [9.17, 15) is 4.79 Å². The SMILES string of the molecule is CC[C@@H](Oc1cc(C)ccc1C)C(=O)NCCSCc1ccc(Cl)cc1. The van der Waals surface area contributed by atoms with Crippen LogP contribution in [-0.2, 0) is 10.5 Å². The Morgan fingerprint density at radius 3 is 2.62 bits per heavy atom. The molecule has 1 atom stereocenters. The molecule has 2 rings (SSSR count). The fraction of sp³-hybridized carbons (Fsp3) is 0.381. The van der Waals surface area contributed by atoms with Crippen molar-refractivity contribution in [1.82, 2.24) is 5.32 Å². The summed E-state index contributed by atoms with van der Waals surface area (Å²) in [4.78, 5) is 12.4. The third-order valence-electron chi connectivity index (χ3n) is 4.00. The predicted molar refractivity (Wildman–Crippen MR) is 111 cm³/mol. The first-order chi connectivity index (χ1) is 12.5. The van der Waals surface area contributed by atoms with Gasteiger partial charge in [0.1, 0.15) is 5.75 Å². The highest BCUT2D eigenvalue weighted by Crippen LogP contribution is 2.21. The van der Waals surface area contributed by atoms with Gasteiger partial charge in [-0.2, -0.15) is 11.8 Å². The Hall–Kier alpha value is -1.65. The van der Waals surface area contributed by atoms with Gasteiger partial charge in [0.2, 0.25) is 0 Å². The molecule has 3 nitrogen and oxygen atoms in total. The topological polar surface area (TPSA) is 38.3 Å². The molecule has 1 amide bonds. The summed E-state index contributed by atoms with van der Waals surface area (Å²) in [7, 11) is 0. The molecule has 2 aromatic carbocycles. The lowest BCUT2D eigenvalue weighted by Gasteiger charge is -2.19. The summed E-state index contributed by atoms with van der Waals surface area (Å²) in [5, 5.41) is 3.73. The number of rotatable bonds is 9. The Morgan fingerprint density at radius 2 is 1.92 bits per heavy atom. The number of hydrogen-bond acceptors (Lipinski definition) is 3. The highest BCUT2D eigenvalue weighted by atomic mass is 35.5. The lowest BCUT2D eigenvalue weighted by molar-refractivity contribution is -0.128. The van der Waals surface area contributed by atoms with Gasteiger partial charge in [-0.15, -0.1) is 0 Å². The molecule has 0 spiro atoms. The Labute approximate surface area is 165 Å². The molecule has 0 saturated heterocycles. The Morgan fingerprint density at radius 1 is 1.19 bits per heavy atom. The van der Waals surface area contributed by atoms with Gasteiger partial charge in [0.25, 0.3) is 5.91 Å². The van der Waals surface area contributed by atoms with Crippen molar-refractivity contribution in [2.24, 2.45) is 0 Å². The average Bonchev–Trinajstić information content (AvgIpc) is 2.63. The smallest absolute Gasteiger partial charge is 0.261 e. The lowest BCUT2D eigenvalue weighted by Crippen LogP contribution is -2.39. The maximum atomic E-state index is 12.4. The molecule has 0 aliphatic rings. The van der Waals surface area contributed by atoms with Gasteiger partial charge >= 0.3 is 0 Å². The number of ether oxygens (including phenoxy) is 1. The summed E-state index contributed by atoms with van der Waals surface area (Å²) in [5.41, 5.74) is 3.40. The number of thioether (sulfide) groups is 1. The fourth-order valence-electron chi connectivity index (χ4n) is 2.44. The van der Waals surface area contributed by atoms with Crippen LogP contribution in [0.4, 0.5) is 0 Å². The van der Waals surface area contributed by atoms with Crippen LogP contribution in [0.5, 0.6) is 5.75 Å². The molecule has 0 bridgehead atoms. The first-order valence-corrected chi connectivity index (χ1v) is 10.4. The van der Waals surface area contributed by atoms with E-state index in [0.29, 0.717) is 13.0 Å². The molecule has 0 fully saturated rings. The van der Waals surface area contributed by atoms with Crippen LogP contribution in [0.3, 0.4) is 0 Å². The van der Waals surface area contributed by atoms with Crippen molar-refractivity contribution >= 4 is 29.3 Å². The van der Waals surface area contributed by atoms with Crippen LogP contribution in [0, 0.1) is 13.8 Å². The van der Waals surface area contributed by atoms with E-state index in [2.05, 4.69) is 5.32 Å². The molecule has 1 N–H and O–H groups in total. The molecular formula is C21H26ClNO2S. The number of halogens is 1. The lowest BCUT2D eigenvalue weighted by atomic mass is 10.1. The second kappa shape index (κ2) is 10.5. The van der Waals surface area contributed by atoms with Crippen LogP contribution >= 0.6 is 23.4 Å². The fourth-order valence-corrected chi connectivity index (χ4v) is 3.39. The van der Waals surface area contributed by atoms with E-state index in [-0.39, 0.29) is 5.91 Å². The molecule has 0 unspecified atom stereocenters. The van der Waals surface area contributed by atoms with Crippen LogP contribution in [0.2, 0.25) is 5.02 Å². The molecule has 140 valence electrons. The summed E-state index contributed by atoms with van der Waals surface area (Å²) in [5.74, 6) is 2.49. The number of nitrogens with one attached hydrogen (secondary N) is 1. The zero-order valence-electron chi connectivity index (χ0n) is 15.5. The van der Waals surface area contributed by atoms with Crippen LogP contribution in [-0.4, -0.2) is 24.3 Å². The van der Waals surface area contributed by atoms with Crippen molar-refractivity contribution in [2.75, 3.05) is 12.3 Å². The molecule has 26 heavy (non-hydrogen) atoms. The third-order valence-corrected chi connectivity index (χ3v) is 5.29. The zero-order valence-corrected chi connectivity index (χ0v) is 17.1. The molecule has 0 saturated carbocycles. The maximum absolute atomic E-state index is 12.4. The van der Waals surface area contributed by atoms with Crippen molar-refractivity contribution in [3.8, 4) is 5.75 Å². The van der Waals surface area contributed by atoms with Crippen LogP contribution in [0.15, 0.2) is 42.5 Å². The highest BCUT2D eigenvalue weighted by Gasteiger charge is 2.18. The van der Waals surface area contributed by atoms with Crippen molar-refractivity contribution in [3.63, 3.8) is 0 Å². The monoisotopic (exact) mass is 391 g/mol. The number of hydrogen-bond donors (Lipinski definition) is 1. The minimum Gasteiger partial charge on any atom is -0.480 e. The van der Waals surface area contributed by atoms with Crippen molar-refractivity contribution < 1.29 is 9.53 Å². The van der Waals surface area contributed by atoms with Crippen LogP contribution in [0.1, 0.15) is 30.0 Å². The van der Waals surface area contributed by atoms with Gasteiger partial charge in [-0.3, -0.25) is 4.79 Å². The maximum Gasteiger partial charge on any atom is 0.261 e. The molecular weight excluding hydrogens is 366 g/mol. The summed E-state index contributed by atoms with van der Waals surface area (Å²) in [6, 6.07) is 13.9. The van der Waals surface area contributed by atoms with Gasteiger partial charge in [-0.1, -0.05) is 42.8 Å². The number of carbonyl (C=O) groups is 1. The van der Waals surface area contributed by atoms with Crippen LogP contribution in [0.25, 0.3) is 0 Å². The second-order valence-corrected chi connectivity index (χ2v) is 7.80. The van der Waals surface area contributed by atoms with Gasteiger partial charge in [-0.05, 0) is 55.2 Å². The predicted octanol–water partition coefficient (Wildman–Crippen LogP) is 5.16. The third kappa shape index (κ3) is 6.58. The van der Waals surface area contributed by atoms with Gasteiger partial charge in [0, 0.05) is 23.1 Å². The number of aryl methyl sites for hydroxylation is 2. The van der Waals surface area contributed by atoms with Gasteiger partial charge in [-0.25, -0.2) is 0 Å². The Balaban J connectivity index is 1.74. The average molecular weight is 392 g/mol. The number of benzene rings is 2. The van der Waals surface area contributed by atoms with Crippen molar-refractivity contribution in [1.29, 1.82) is 0 Å². The quantitative estimate of drug-likeness (QED) is 0.599. The summed E-state index contributed by atoms with van der Waals surface area (Å²) >= 11 is 7.67. The minimum atomic E-state index is -0.461. The van der Waals surface area contributed by atoms with E-state index < -0.39 is 6.10 Å². The normalized spacial score (nSPS) is 11.8. The summed E-state index contributed by atoms with van der Waals surface area (Å²) < 4.78 is 5.94. The van der Waals surface area contributed by atoms with Crippen molar-refractivity contribution in [3.05, 3.63) is 64.2 Å². The van der Waals surface area contributed by atoms with E-state index in [1.807, 2.05) is 63.2 Å². The van der Waals surface area contributed by atoms with Crippen LogP contribution < -0.4 is 10.1 Å². The van der Waals surface area contributed by atoms with E-state index in [4.69, 9.17) is 16.3 Å². The molecule has 2 aromatic rings. The van der Waals surface area contributed by atoms with Gasteiger partial charge < -0.3 is 10.1 Å². The number of carbonyl (C=O) groups excluding carboxylic acids is 1. The molecule has 0 aliphatic carbocycles. The molecule has 0 aromatic heterocycles. The molecule has 0 heterocycles. The van der Waals surface area contributed by atoms with Crippen molar-refractivity contribution in [2.45, 2.75) is 39.0 Å². The van der Waals surface area contributed by atoms with E-state index in [0.717, 1.165) is 33.4 Å².